The Morgan fingerprint density at radius 2 is 1.85 bits per heavy atom. The fourth-order valence-electron chi connectivity index (χ4n) is 5.54. The molecule has 1 fully saturated rings. The Bertz CT molecular complexity index is 1410. The highest BCUT2D eigenvalue weighted by Crippen LogP contribution is 2.43. The molecule has 1 spiro atoms. The van der Waals surface area contributed by atoms with E-state index in [-0.39, 0.29) is 11.7 Å². The summed E-state index contributed by atoms with van der Waals surface area (Å²) in [6.45, 7) is 2.49. The molecule has 40 heavy (non-hydrogen) atoms. The van der Waals surface area contributed by atoms with Crippen molar-refractivity contribution in [2.24, 2.45) is 0 Å². The lowest BCUT2D eigenvalue weighted by Gasteiger charge is -2.44. The van der Waals surface area contributed by atoms with Gasteiger partial charge in [-0.15, -0.1) is 0 Å². The summed E-state index contributed by atoms with van der Waals surface area (Å²) in [5.74, 6) is -0.871. The third kappa shape index (κ3) is 6.55. The second-order valence-corrected chi connectivity index (χ2v) is 11.5. The van der Waals surface area contributed by atoms with Crippen molar-refractivity contribution < 1.29 is 18.7 Å². The minimum absolute atomic E-state index is 0.101. The van der Waals surface area contributed by atoms with E-state index >= 15 is 0 Å². The van der Waals surface area contributed by atoms with Crippen molar-refractivity contribution in [1.29, 1.82) is 0 Å². The summed E-state index contributed by atoms with van der Waals surface area (Å²) < 4.78 is 19.8. The fraction of sp³-hybridized carbons (Fsp3) is 0.333. The molecule has 1 atom stereocenters. The number of anilines is 1. The molecule has 2 aliphatic rings. The Balaban J connectivity index is 1.21. The Hall–Kier alpha value is -2.84. The fourth-order valence-corrected chi connectivity index (χ4v) is 6.06. The Kier molecular flexibility index (Phi) is 8.86. The van der Waals surface area contributed by atoms with Gasteiger partial charge in [0, 0.05) is 43.1 Å². The maximum absolute atomic E-state index is 14.0. The van der Waals surface area contributed by atoms with Crippen molar-refractivity contribution in [2.75, 3.05) is 25.0 Å². The van der Waals surface area contributed by atoms with Crippen LogP contribution >= 0.6 is 34.8 Å². The lowest BCUT2D eigenvalue weighted by atomic mass is 9.82. The smallest absolute Gasteiger partial charge is 0.412 e. The van der Waals surface area contributed by atoms with Crippen LogP contribution in [0, 0.1) is 5.82 Å². The second-order valence-electron chi connectivity index (χ2n) is 10.3. The molecule has 2 N–H and O–H groups in total. The Labute approximate surface area is 247 Å². The zero-order chi connectivity index (χ0) is 28.3. The van der Waals surface area contributed by atoms with Crippen molar-refractivity contribution in [3.05, 3.63) is 98.2 Å². The first-order valence-electron chi connectivity index (χ1n) is 13.2. The molecule has 1 unspecified atom stereocenters. The van der Waals surface area contributed by atoms with Crippen LogP contribution in [0.15, 0.2) is 60.7 Å². The minimum atomic E-state index is -0.834. The van der Waals surface area contributed by atoms with Crippen LogP contribution in [-0.2, 0) is 21.7 Å². The van der Waals surface area contributed by atoms with Gasteiger partial charge in [-0.2, -0.15) is 0 Å². The molecule has 2 amide bonds. The topological polar surface area (TPSA) is 70.7 Å². The van der Waals surface area contributed by atoms with E-state index in [0.717, 1.165) is 24.1 Å². The zero-order valence-corrected chi connectivity index (χ0v) is 24.0. The molecule has 0 aromatic heterocycles. The summed E-state index contributed by atoms with van der Waals surface area (Å²) in [6.07, 6.45) is 1.98. The van der Waals surface area contributed by atoms with Gasteiger partial charge >= 0.3 is 6.09 Å². The van der Waals surface area contributed by atoms with Crippen LogP contribution in [0.1, 0.15) is 48.3 Å². The van der Waals surface area contributed by atoms with Gasteiger partial charge in [-0.3, -0.25) is 10.1 Å². The van der Waals surface area contributed by atoms with Crippen molar-refractivity contribution in [2.45, 2.75) is 43.7 Å². The molecule has 10 heteroatoms. The van der Waals surface area contributed by atoms with E-state index in [1.807, 2.05) is 24.3 Å². The van der Waals surface area contributed by atoms with Gasteiger partial charge in [-0.05, 0) is 73.0 Å². The summed E-state index contributed by atoms with van der Waals surface area (Å²) >= 11 is 18.5. The summed E-state index contributed by atoms with van der Waals surface area (Å²) in [7, 11) is 0. The molecule has 0 radical (unpaired) electrons. The third-order valence-electron chi connectivity index (χ3n) is 7.65. The van der Waals surface area contributed by atoms with E-state index < -0.39 is 17.6 Å². The monoisotopic (exact) mass is 603 g/mol. The van der Waals surface area contributed by atoms with E-state index in [1.165, 1.54) is 12.1 Å². The SMILES string of the molecule is O=C1Nc2ccc(F)cc2C2(CCN(CCCC(C(=O)NCc3cccc(Cl)c3)c3ccc(Cl)c(Cl)c3)CC2)O1. The molecule has 0 aliphatic carbocycles. The minimum Gasteiger partial charge on any atom is -0.438 e. The molecular weight excluding hydrogens is 576 g/mol. The van der Waals surface area contributed by atoms with E-state index in [2.05, 4.69) is 15.5 Å². The number of amides is 2. The maximum Gasteiger partial charge on any atom is 0.412 e. The van der Waals surface area contributed by atoms with E-state index in [0.29, 0.717) is 65.2 Å². The molecular formula is C30H29Cl3FN3O3. The van der Waals surface area contributed by atoms with Crippen molar-refractivity contribution in [3.63, 3.8) is 0 Å². The average Bonchev–Trinajstić information content (AvgIpc) is 2.93. The molecule has 3 aromatic rings. The predicted molar refractivity (Wildman–Crippen MR) is 156 cm³/mol. The predicted octanol–water partition coefficient (Wildman–Crippen LogP) is 7.52. The lowest BCUT2D eigenvalue weighted by molar-refractivity contribution is -0.122. The Morgan fingerprint density at radius 1 is 1.05 bits per heavy atom. The summed E-state index contributed by atoms with van der Waals surface area (Å²) in [5.41, 5.74) is 2.16. The van der Waals surface area contributed by atoms with Crippen LogP contribution in [-0.4, -0.2) is 36.5 Å². The number of likely N-dealkylation sites (tertiary alicyclic amines) is 1. The molecule has 210 valence electrons. The number of nitrogens with zero attached hydrogens (tertiary/aromatic N) is 1. The van der Waals surface area contributed by atoms with Crippen molar-refractivity contribution >= 4 is 52.5 Å². The van der Waals surface area contributed by atoms with Crippen molar-refractivity contribution in [1.82, 2.24) is 10.2 Å². The number of fused-ring (bicyclic) bond motifs is 2. The normalized spacial score (nSPS) is 17.1. The van der Waals surface area contributed by atoms with E-state index in [4.69, 9.17) is 39.5 Å². The van der Waals surface area contributed by atoms with Crippen LogP contribution < -0.4 is 10.6 Å². The van der Waals surface area contributed by atoms with Gasteiger partial charge in [0.15, 0.2) is 0 Å². The first kappa shape index (κ1) is 28.7. The van der Waals surface area contributed by atoms with Gasteiger partial charge in [0.05, 0.1) is 21.7 Å². The number of nitrogens with one attached hydrogen (secondary N) is 2. The van der Waals surface area contributed by atoms with E-state index in [1.54, 1.807) is 24.3 Å². The van der Waals surface area contributed by atoms with Crippen LogP contribution in [0.2, 0.25) is 15.1 Å². The number of hydrogen-bond donors (Lipinski definition) is 2. The standard InChI is InChI=1S/C30H29Cl3FN3O3/c31-21-4-1-3-19(15-21)18-35-28(38)23(20-6-8-25(32)26(33)16-20)5-2-12-37-13-10-30(11-14-37)24-17-22(34)7-9-27(24)36-29(39)40-30/h1,3-4,6-9,15-17,23H,2,5,10-14,18H2,(H,35,38)(H,36,39). The number of benzene rings is 3. The number of rotatable bonds is 8. The molecule has 2 aliphatic heterocycles. The number of carbonyl (C=O) groups is 2. The zero-order valence-electron chi connectivity index (χ0n) is 21.7. The van der Waals surface area contributed by atoms with Crippen LogP contribution in [0.5, 0.6) is 0 Å². The number of ether oxygens (including phenoxy) is 1. The van der Waals surface area contributed by atoms with Gasteiger partial charge in [0.2, 0.25) is 5.91 Å². The van der Waals surface area contributed by atoms with Crippen molar-refractivity contribution in [3.8, 4) is 0 Å². The molecule has 6 nitrogen and oxygen atoms in total. The molecule has 0 bridgehead atoms. The third-order valence-corrected chi connectivity index (χ3v) is 8.62. The molecule has 2 heterocycles. The molecule has 5 rings (SSSR count). The first-order valence-corrected chi connectivity index (χ1v) is 14.4. The molecule has 1 saturated heterocycles. The quantitative estimate of drug-likeness (QED) is 0.279. The summed E-state index contributed by atoms with van der Waals surface area (Å²) in [4.78, 5) is 27.8. The van der Waals surface area contributed by atoms with Gasteiger partial charge < -0.3 is 15.0 Å². The van der Waals surface area contributed by atoms with Crippen LogP contribution in [0.4, 0.5) is 14.9 Å². The highest BCUT2D eigenvalue weighted by atomic mass is 35.5. The number of hydrogen-bond acceptors (Lipinski definition) is 4. The number of halogens is 4. The summed E-state index contributed by atoms with van der Waals surface area (Å²) in [6, 6.07) is 17.0. The highest BCUT2D eigenvalue weighted by Gasteiger charge is 2.44. The number of carbonyl (C=O) groups excluding carboxylic acids is 2. The van der Waals surface area contributed by atoms with Crippen LogP contribution in [0.25, 0.3) is 0 Å². The lowest BCUT2D eigenvalue weighted by Crippen LogP contribution is -2.48. The first-order chi connectivity index (χ1) is 19.2. The van der Waals surface area contributed by atoms with Gasteiger partial charge in [0.25, 0.3) is 0 Å². The van der Waals surface area contributed by atoms with Crippen LogP contribution in [0.3, 0.4) is 0 Å². The Morgan fingerprint density at radius 3 is 2.60 bits per heavy atom. The molecule has 0 saturated carbocycles. The van der Waals surface area contributed by atoms with Gasteiger partial charge in [-0.25, -0.2) is 9.18 Å². The molecule has 3 aromatic carbocycles. The summed E-state index contributed by atoms with van der Waals surface area (Å²) in [5, 5.41) is 7.16. The second kappa shape index (κ2) is 12.4. The average molecular weight is 605 g/mol. The van der Waals surface area contributed by atoms with Gasteiger partial charge in [-0.1, -0.05) is 53.0 Å². The largest absolute Gasteiger partial charge is 0.438 e. The number of piperidine rings is 1. The van der Waals surface area contributed by atoms with E-state index in [9.17, 15) is 14.0 Å². The highest BCUT2D eigenvalue weighted by molar-refractivity contribution is 6.42. The maximum atomic E-state index is 14.0. The van der Waals surface area contributed by atoms with Gasteiger partial charge in [0.1, 0.15) is 11.4 Å².